The van der Waals surface area contributed by atoms with Crippen LogP contribution in [0.3, 0.4) is 0 Å². The van der Waals surface area contributed by atoms with Gasteiger partial charge in [-0.25, -0.2) is 18.4 Å². The largest absolute Gasteiger partial charge is 0.381 e. The fourth-order valence-electron chi connectivity index (χ4n) is 2.10. The normalized spacial score (nSPS) is 15.8. The third kappa shape index (κ3) is 2.68. The molecule has 1 aromatic carbocycles. The van der Waals surface area contributed by atoms with E-state index in [0.717, 1.165) is 12.1 Å². The summed E-state index contributed by atoms with van der Waals surface area (Å²) in [6.45, 7) is 1.71. The summed E-state index contributed by atoms with van der Waals surface area (Å²) in [7, 11) is 1.65. The molecule has 0 aliphatic rings. The van der Waals surface area contributed by atoms with Crippen molar-refractivity contribution in [2.24, 2.45) is 0 Å². The number of hydrogen-bond donors (Lipinski definition) is 2. The van der Waals surface area contributed by atoms with Gasteiger partial charge in [-0.15, -0.1) is 0 Å². The Labute approximate surface area is 115 Å². The minimum atomic E-state index is -1.58. The van der Waals surface area contributed by atoms with E-state index in [2.05, 4.69) is 15.4 Å². The molecule has 2 unspecified atom stereocenters. The lowest BCUT2D eigenvalue weighted by molar-refractivity contribution is -0.0178. The maximum Gasteiger partial charge on any atom is 0.137 e. The van der Waals surface area contributed by atoms with E-state index >= 15 is 0 Å². The average Bonchev–Trinajstić information content (AvgIpc) is 2.90. The van der Waals surface area contributed by atoms with Crippen LogP contribution in [0.4, 0.5) is 8.78 Å². The molecule has 1 heterocycles. The maximum atomic E-state index is 14.0. The molecular formula is C13H16F2N4O. The van der Waals surface area contributed by atoms with E-state index in [1.807, 2.05) is 0 Å². The average molecular weight is 282 g/mol. The summed E-state index contributed by atoms with van der Waals surface area (Å²) in [5.74, 6) is -1.49. The van der Waals surface area contributed by atoms with Crippen molar-refractivity contribution in [1.82, 2.24) is 20.1 Å². The molecule has 2 aromatic rings. The summed E-state index contributed by atoms with van der Waals surface area (Å²) in [5, 5.41) is 17.7. The monoisotopic (exact) mass is 282 g/mol. The predicted molar refractivity (Wildman–Crippen MR) is 68.8 cm³/mol. The number of nitrogens with one attached hydrogen (secondary N) is 1. The highest BCUT2D eigenvalue weighted by molar-refractivity contribution is 5.26. The SMILES string of the molecule is CNC(C)C(O)(Cn1cncn1)c1ccc(F)cc1F. The van der Waals surface area contributed by atoms with Crippen LogP contribution in [-0.2, 0) is 12.1 Å². The molecule has 0 saturated heterocycles. The van der Waals surface area contributed by atoms with E-state index in [9.17, 15) is 13.9 Å². The topological polar surface area (TPSA) is 63.0 Å². The zero-order valence-corrected chi connectivity index (χ0v) is 11.2. The van der Waals surface area contributed by atoms with Crippen molar-refractivity contribution in [3.8, 4) is 0 Å². The lowest BCUT2D eigenvalue weighted by Crippen LogP contribution is -2.48. The van der Waals surface area contributed by atoms with Crippen molar-refractivity contribution in [3.05, 3.63) is 48.1 Å². The summed E-state index contributed by atoms with van der Waals surface area (Å²) in [4.78, 5) is 3.79. The molecule has 5 nitrogen and oxygen atoms in total. The van der Waals surface area contributed by atoms with Crippen molar-refractivity contribution in [1.29, 1.82) is 0 Å². The standard InChI is InChI=1S/C13H16F2N4O/c1-9(16-2)13(20,6-19-8-17-7-18-19)11-4-3-10(14)5-12(11)15/h3-5,7-9,16,20H,6H2,1-2H3. The number of nitrogens with zero attached hydrogens (tertiary/aromatic N) is 3. The molecule has 2 N–H and O–H groups in total. The fourth-order valence-corrected chi connectivity index (χ4v) is 2.10. The van der Waals surface area contributed by atoms with Gasteiger partial charge in [0.2, 0.25) is 0 Å². The molecule has 2 rings (SSSR count). The number of rotatable bonds is 5. The zero-order chi connectivity index (χ0) is 14.8. The van der Waals surface area contributed by atoms with Gasteiger partial charge in [-0.05, 0) is 20.0 Å². The van der Waals surface area contributed by atoms with E-state index in [-0.39, 0.29) is 12.1 Å². The Kier molecular flexibility index (Phi) is 4.10. The second kappa shape index (κ2) is 5.64. The van der Waals surface area contributed by atoms with Gasteiger partial charge < -0.3 is 10.4 Å². The van der Waals surface area contributed by atoms with Gasteiger partial charge in [-0.1, -0.05) is 6.07 Å². The molecule has 0 spiro atoms. The Morgan fingerprint density at radius 2 is 2.20 bits per heavy atom. The highest BCUT2D eigenvalue weighted by Crippen LogP contribution is 2.29. The van der Waals surface area contributed by atoms with Gasteiger partial charge in [0.25, 0.3) is 0 Å². The lowest BCUT2D eigenvalue weighted by atomic mass is 9.86. The van der Waals surface area contributed by atoms with Crippen LogP contribution in [-0.4, -0.2) is 33.0 Å². The third-order valence-corrected chi connectivity index (χ3v) is 3.42. The van der Waals surface area contributed by atoms with Crippen molar-refractivity contribution in [2.75, 3.05) is 7.05 Å². The molecule has 20 heavy (non-hydrogen) atoms. The first-order chi connectivity index (χ1) is 9.47. The first kappa shape index (κ1) is 14.5. The van der Waals surface area contributed by atoms with Crippen molar-refractivity contribution in [2.45, 2.75) is 25.1 Å². The second-order valence-corrected chi connectivity index (χ2v) is 4.65. The van der Waals surface area contributed by atoms with Crippen molar-refractivity contribution < 1.29 is 13.9 Å². The molecule has 0 fully saturated rings. The minimum Gasteiger partial charge on any atom is -0.381 e. The van der Waals surface area contributed by atoms with E-state index in [4.69, 9.17) is 0 Å². The van der Waals surface area contributed by atoms with Crippen LogP contribution in [0.25, 0.3) is 0 Å². The quantitative estimate of drug-likeness (QED) is 0.860. The second-order valence-electron chi connectivity index (χ2n) is 4.65. The predicted octanol–water partition coefficient (Wildman–Crippen LogP) is 1.05. The van der Waals surface area contributed by atoms with Crippen LogP contribution in [0, 0.1) is 11.6 Å². The number of likely N-dealkylation sites (N-methyl/N-ethyl adjacent to an activating group) is 1. The van der Waals surface area contributed by atoms with Gasteiger partial charge in [0.15, 0.2) is 0 Å². The van der Waals surface area contributed by atoms with E-state index in [1.54, 1.807) is 14.0 Å². The molecule has 7 heteroatoms. The molecule has 0 saturated carbocycles. The summed E-state index contributed by atoms with van der Waals surface area (Å²) >= 11 is 0. The van der Waals surface area contributed by atoms with Gasteiger partial charge in [-0.3, -0.25) is 0 Å². The first-order valence-electron chi connectivity index (χ1n) is 6.15. The highest BCUT2D eigenvalue weighted by Gasteiger charge is 2.38. The molecule has 0 bridgehead atoms. The Morgan fingerprint density at radius 1 is 1.45 bits per heavy atom. The number of halogens is 2. The van der Waals surface area contributed by atoms with Crippen LogP contribution in [0.15, 0.2) is 30.9 Å². The van der Waals surface area contributed by atoms with Crippen LogP contribution >= 0.6 is 0 Å². The van der Waals surface area contributed by atoms with E-state index in [1.165, 1.54) is 23.4 Å². The van der Waals surface area contributed by atoms with Gasteiger partial charge in [0, 0.05) is 17.7 Å². The Bertz CT molecular complexity index is 576. The molecule has 108 valence electrons. The summed E-state index contributed by atoms with van der Waals surface area (Å²) in [5.41, 5.74) is -1.57. The summed E-state index contributed by atoms with van der Waals surface area (Å²) < 4.78 is 28.4. The van der Waals surface area contributed by atoms with Gasteiger partial charge in [0.05, 0.1) is 6.54 Å². The zero-order valence-electron chi connectivity index (χ0n) is 11.2. The molecule has 0 aliphatic heterocycles. The minimum absolute atomic E-state index is 0.00242. The van der Waals surface area contributed by atoms with Crippen molar-refractivity contribution >= 4 is 0 Å². The van der Waals surface area contributed by atoms with E-state index in [0.29, 0.717) is 0 Å². The molecule has 2 atom stereocenters. The summed E-state index contributed by atoms with van der Waals surface area (Å²) in [6, 6.07) is 2.64. The summed E-state index contributed by atoms with van der Waals surface area (Å²) in [6.07, 6.45) is 2.75. The highest BCUT2D eigenvalue weighted by atomic mass is 19.1. The Hall–Kier alpha value is -1.86. The number of aromatic nitrogens is 3. The van der Waals surface area contributed by atoms with Gasteiger partial charge in [-0.2, -0.15) is 5.10 Å². The Morgan fingerprint density at radius 3 is 2.75 bits per heavy atom. The fraction of sp³-hybridized carbons (Fsp3) is 0.385. The van der Waals surface area contributed by atoms with Crippen molar-refractivity contribution in [3.63, 3.8) is 0 Å². The lowest BCUT2D eigenvalue weighted by Gasteiger charge is -2.34. The Balaban J connectivity index is 2.45. The van der Waals surface area contributed by atoms with Crippen LogP contribution in [0.1, 0.15) is 12.5 Å². The number of aliphatic hydroxyl groups is 1. The molecule has 1 aromatic heterocycles. The first-order valence-corrected chi connectivity index (χ1v) is 6.15. The van der Waals surface area contributed by atoms with E-state index < -0.39 is 23.3 Å². The van der Waals surface area contributed by atoms with Crippen LogP contribution in [0.2, 0.25) is 0 Å². The maximum absolute atomic E-state index is 14.0. The third-order valence-electron chi connectivity index (χ3n) is 3.42. The molecular weight excluding hydrogens is 266 g/mol. The number of hydrogen-bond acceptors (Lipinski definition) is 4. The molecule has 0 radical (unpaired) electrons. The smallest absolute Gasteiger partial charge is 0.137 e. The van der Waals surface area contributed by atoms with Crippen LogP contribution in [0.5, 0.6) is 0 Å². The molecule has 0 amide bonds. The number of benzene rings is 1. The molecule has 0 aliphatic carbocycles. The van der Waals surface area contributed by atoms with Gasteiger partial charge >= 0.3 is 0 Å². The van der Waals surface area contributed by atoms with Gasteiger partial charge in [0.1, 0.15) is 29.9 Å². The van der Waals surface area contributed by atoms with Crippen LogP contribution < -0.4 is 5.32 Å².